The van der Waals surface area contributed by atoms with Crippen molar-refractivity contribution in [2.24, 2.45) is 11.8 Å². The van der Waals surface area contributed by atoms with E-state index in [1.54, 1.807) is 18.4 Å². The van der Waals surface area contributed by atoms with Crippen molar-refractivity contribution in [3.8, 4) is 16.3 Å². The SMILES string of the molecule is COc1cccc([C@@]2(O)CC[C@@H]3CN(C(=O)c4cc(-c5cccs5)[nH]n4)C[C@@H]32)c1. The normalized spacial score (nSPS) is 25.9. The maximum Gasteiger partial charge on any atom is 0.274 e. The fourth-order valence-electron chi connectivity index (χ4n) is 4.86. The van der Waals surface area contributed by atoms with Gasteiger partial charge in [0.15, 0.2) is 5.69 Å². The van der Waals surface area contributed by atoms with Gasteiger partial charge < -0.3 is 14.7 Å². The van der Waals surface area contributed by atoms with E-state index in [1.165, 1.54) is 0 Å². The molecule has 1 saturated heterocycles. The van der Waals surface area contributed by atoms with Gasteiger partial charge in [-0.05, 0) is 54.0 Å². The van der Waals surface area contributed by atoms with Gasteiger partial charge in [0.25, 0.3) is 5.91 Å². The van der Waals surface area contributed by atoms with E-state index in [4.69, 9.17) is 4.74 Å². The topological polar surface area (TPSA) is 78.5 Å². The van der Waals surface area contributed by atoms with E-state index in [-0.39, 0.29) is 11.8 Å². The summed E-state index contributed by atoms with van der Waals surface area (Å²) in [5.41, 5.74) is 1.23. The molecule has 2 aliphatic rings. The number of nitrogens with one attached hydrogen (secondary N) is 1. The Labute approximate surface area is 173 Å². The number of carbonyl (C=O) groups excluding carboxylic acids is 1. The van der Waals surface area contributed by atoms with Crippen molar-refractivity contribution >= 4 is 17.2 Å². The molecule has 0 unspecified atom stereocenters. The molecule has 6 nitrogen and oxygen atoms in total. The van der Waals surface area contributed by atoms with Crippen LogP contribution in [0.5, 0.6) is 5.75 Å². The zero-order valence-electron chi connectivity index (χ0n) is 16.2. The Morgan fingerprint density at radius 2 is 2.21 bits per heavy atom. The maximum absolute atomic E-state index is 13.1. The smallest absolute Gasteiger partial charge is 0.274 e. The van der Waals surface area contributed by atoms with Gasteiger partial charge in [0.2, 0.25) is 0 Å². The number of hydrogen-bond acceptors (Lipinski definition) is 5. The van der Waals surface area contributed by atoms with Crippen molar-refractivity contribution in [1.82, 2.24) is 15.1 Å². The Kier molecular flexibility index (Phi) is 4.44. The van der Waals surface area contributed by atoms with E-state index >= 15 is 0 Å². The number of methoxy groups -OCH3 is 1. The molecule has 29 heavy (non-hydrogen) atoms. The Balaban J connectivity index is 1.36. The molecule has 1 aromatic carbocycles. The highest BCUT2D eigenvalue weighted by Gasteiger charge is 2.53. The van der Waals surface area contributed by atoms with Gasteiger partial charge in [-0.15, -0.1) is 11.3 Å². The van der Waals surface area contributed by atoms with Crippen LogP contribution in [0.3, 0.4) is 0 Å². The Hall–Kier alpha value is -2.64. The summed E-state index contributed by atoms with van der Waals surface area (Å²) >= 11 is 1.61. The molecule has 2 fully saturated rings. The Morgan fingerprint density at radius 1 is 1.31 bits per heavy atom. The summed E-state index contributed by atoms with van der Waals surface area (Å²) in [4.78, 5) is 16.0. The number of nitrogens with zero attached hydrogens (tertiary/aromatic N) is 2. The van der Waals surface area contributed by atoms with Crippen molar-refractivity contribution in [2.45, 2.75) is 18.4 Å². The van der Waals surface area contributed by atoms with E-state index in [0.717, 1.165) is 28.3 Å². The van der Waals surface area contributed by atoms with Crippen LogP contribution in [0.25, 0.3) is 10.6 Å². The molecule has 0 spiro atoms. The molecule has 2 N–H and O–H groups in total. The van der Waals surface area contributed by atoms with Gasteiger partial charge in [-0.3, -0.25) is 9.89 Å². The van der Waals surface area contributed by atoms with Crippen LogP contribution in [0, 0.1) is 11.8 Å². The maximum atomic E-state index is 13.1. The number of aliphatic hydroxyl groups is 1. The Morgan fingerprint density at radius 3 is 3.00 bits per heavy atom. The summed E-state index contributed by atoms with van der Waals surface area (Å²) in [5, 5.41) is 20.7. The number of thiophene rings is 1. The number of carbonyl (C=O) groups is 1. The monoisotopic (exact) mass is 409 g/mol. The van der Waals surface area contributed by atoms with E-state index < -0.39 is 5.60 Å². The molecule has 3 heterocycles. The molecular weight excluding hydrogens is 386 g/mol. The van der Waals surface area contributed by atoms with Gasteiger partial charge in [0.05, 0.1) is 23.3 Å². The van der Waals surface area contributed by atoms with Gasteiger partial charge in [-0.1, -0.05) is 18.2 Å². The first kappa shape index (κ1) is 18.4. The molecule has 3 atom stereocenters. The van der Waals surface area contributed by atoms with Crippen molar-refractivity contribution in [2.75, 3.05) is 20.2 Å². The Bertz CT molecular complexity index is 1030. The van der Waals surface area contributed by atoms with Gasteiger partial charge >= 0.3 is 0 Å². The summed E-state index contributed by atoms with van der Waals surface area (Å²) in [6.45, 7) is 1.20. The van der Waals surface area contributed by atoms with Crippen LogP contribution >= 0.6 is 11.3 Å². The second kappa shape index (κ2) is 7.00. The summed E-state index contributed by atoms with van der Waals surface area (Å²) in [5.74, 6) is 0.981. The van der Waals surface area contributed by atoms with Crippen LogP contribution in [0.2, 0.25) is 0 Å². The standard InChI is InChI=1S/C22H23N3O3S/c1-28-16-5-2-4-15(10-16)22(27)8-7-14-12-25(13-17(14)22)21(26)19-11-18(23-24-19)20-6-3-9-29-20/h2-6,9-11,14,17,27H,7-8,12-13H2,1H3,(H,23,24)/t14-,17+,22+/m1/s1. The number of hydrogen-bond donors (Lipinski definition) is 2. The lowest BCUT2D eigenvalue weighted by Crippen LogP contribution is -2.36. The summed E-state index contributed by atoms with van der Waals surface area (Å²) in [7, 11) is 1.63. The van der Waals surface area contributed by atoms with Crippen molar-refractivity contribution in [3.63, 3.8) is 0 Å². The van der Waals surface area contributed by atoms with Crippen LogP contribution in [-0.4, -0.2) is 46.3 Å². The van der Waals surface area contributed by atoms with Crippen molar-refractivity contribution in [1.29, 1.82) is 0 Å². The predicted octanol–water partition coefficient (Wildman–Crippen LogP) is 3.52. The lowest BCUT2D eigenvalue weighted by molar-refractivity contribution is -0.00607. The first-order valence-corrected chi connectivity index (χ1v) is 10.7. The van der Waals surface area contributed by atoms with Crippen molar-refractivity contribution in [3.05, 3.63) is 59.1 Å². The van der Waals surface area contributed by atoms with E-state index in [1.807, 2.05) is 52.7 Å². The van der Waals surface area contributed by atoms with Gasteiger partial charge in [-0.2, -0.15) is 5.10 Å². The average Bonchev–Trinajstić information content (AvgIpc) is 3.52. The summed E-state index contributed by atoms with van der Waals surface area (Å²) < 4.78 is 5.33. The number of ether oxygens (including phenoxy) is 1. The fourth-order valence-corrected chi connectivity index (χ4v) is 5.56. The molecule has 1 saturated carbocycles. The molecule has 3 aromatic rings. The molecule has 0 bridgehead atoms. The third kappa shape index (κ3) is 3.05. The number of aromatic nitrogens is 2. The molecule has 1 aliphatic heterocycles. The molecule has 1 amide bonds. The zero-order valence-corrected chi connectivity index (χ0v) is 17.0. The van der Waals surface area contributed by atoms with Crippen LogP contribution in [0.1, 0.15) is 28.9 Å². The molecule has 2 aromatic heterocycles. The third-order valence-corrected chi connectivity index (χ3v) is 7.29. The van der Waals surface area contributed by atoms with Gasteiger partial charge in [0.1, 0.15) is 5.75 Å². The van der Waals surface area contributed by atoms with Crippen LogP contribution < -0.4 is 4.74 Å². The van der Waals surface area contributed by atoms with Crippen molar-refractivity contribution < 1.29 is 14.6 Å². The highest BCUT2D eigenvalue weighted by Crippen LogP contribution is 2.51. The zero-order chi connectivity index (χ0) is 20.0. The van der Waals surface area contributed by atoms with E-state index in [9.17, 15) is 9.90 Å². The predicted molar refractivity (Wildman–Crippen MR) is 111 cm³/mol. The number of aromatic amines is 1. The third-order valence-electron chi connectivity index (χ3n) is 6.39. The lowest BCUT2D eigenvalue weighted by atomic mass is 9.82. The highest BCUT2D eigenvalue weighted by atomic mass is 32.1. The molecule has 5 rings (SSSR count). The van der Waals surface area contributed by atoms with Crippen LogP contribution in [0.15, 0.2) is 47.8 Å². The second-order valence-corrected chi connectivity index (χ2v) is 8.86. The average molecular weight is 410 g/mol. The largest absolute Gasteiger partial charge is 0.497 e. The second-order valence-electron chi connectivity index (χ2n) is 7.92. The number of amides is 1. The lowest BCUT2D eigenvalue weighted by Gasteiger charge is -2.31. The van der Waals surface area contributed by atoms with E-state index in [2.05, 4.69) is 10.2 Å². The molecule has 1 aliphatic carbocycles. The van der Waals surface area contributed by atoms with Gasteiger partial charge in [-0.25, -0.2) is 0 Å². The summed E-state index contributed by atoms with van der Waals surface area (Å²) in [6.07, 6.45) is 1.62. The number of fused-ring (bicyclic) bond motifs is 1. The number of H-pyrrole nitrogens is 1. The minimum absolute atomic E-state index is 0.0225. The molecule has 0 radical (unpaired) electrons. The van der Waals surface area contributed by atoms with Crippen LogP contribution in [-0.2, 0) is 5.60 Å². The summed E-state index contributed by atoms with van der Waals surface area (Å²) in [6, 6.07) is 13.4. The minimum atomic E-state index is -0.929. The number of benzene rings is 1. The van der Waals surface area contributed by atoms with E-state index in [0.29, 0.717) is 31.1 Å². The first-order valence-electron chi connectivity index (χ1n) is 9.84. The molecular formula is C22H23N3O3S. The molecule has 150 valence electrons. The number of rotatable bonds is 4. The van der Waals surface area contributed by atoms with Crippen LogP contribution in [0.4, 0.5) is 0 Å². The quantitative estimate of drug-likeness (QED) is 0.691. The highest BCUT2D eigenvalue weighted by molar-refractivity contribution is 7.13. The number of likely N-dealkylation sites (tertiary alicyclic amines) is 1. The fraction of sp³-hybridized carbons (Fsp3) is 0.364. The first-order chi connectivity index (χ1) is 14.1. The minimum Gasteiger partial charge on any atom is -0.497 e. The van der Waals surface area contributed by atoms with Gasteiger partial charge in [0, 0.05) is 19.0 Å². The molecule has 7 heteroatoms.